The Bertz CT molecular complexity index is 1120. The number of esters is 1. The van der Waals surface area contributed by atoms with Gasteiger partial charge in [-0.25, -0.2) is 14.8 Å². The van der Waals surface area contributed by atoms with Crippen LogP contribution in [-0.4, -0.2) is 35.1 Å². The van der Waals surface area contributed by atoms with Crippen LogP contribution in [0.2, 0.25) is 0 Å². The minimum Gasteiger partial charge on any atom is -0.493 e. The lowest BCUT2D eigenvalue weighted by atomic mass is 10.2. The summed E-state index contributed by atoms with van der Waals surface area (Å²) in [5.41, 5.74) is 3.06. The fraction of sp³-hybridized carbons (Fsp3) is 0.0952. The first kappa shape index (κ1) is 17.5. The van der Waals surface area contributed by atoms with Crippen LogP contribution in [0.1, 0.15) is 10.4 Å². The fourth-order valence-electron chi connectivity index (χ4n) is 2.81. The van der Waals surface area contributed by atoms with E-state index in [1.54, 1.807) is 19.2 Å². The highest BCUT2D eigenvalue weighted by Crippen LogP contribution is 2.34. The van der Waals surface area contributed by atoms with Crippen LogP contribution < -0.4 is 9.47 Å². The fourth-order valence-corrected chi connectivity index (χ4v) is 2.81. The van der Waals surface area contributed by atoms with Crippen LogP contribution in [0, 0.1) is 0 Å². The third-order valence-corrected chi connectivity index (χ3v) is 4.20. The van der Waals surface area contributed by atoms with E-state index in [1.165, 1.54) is 19.4 Å². The molecule has 28 heavy (non-hydrogen) atoms. The normalized spacial score (nSPS) is 10.6. The van der Waals surface area contributed by atoms with Gasteiger partial charge in [-0.15, -0.1) is 0 Å². The maximum atomic E-state index is 11.7. The van der Waals surface area contributed by atoms with Gasteiger partial charge in [0, 0.05) is 17.8 Å². The Kier molecular flexibility index (Phi) is 4.63. The number of para-hydroxylation sites is 2. The molecule has 7 heteroatoms. The molecule has 0 bridgehead atoms. The Morgan fingerprint density at radius 2 is 1.86 bits per heavy atom. The average Bonchev–Trinajstić information content (AvgIpc) is 3.18. The molecule has 0 amide bonds. The summed E-state index contributed by atoms with van der Waals surface area (Å²) < 4.78 is 16.0. The number of hydrogen-bond donors (Lipinski definition) is 1. The number of benzene rings is 2. The second-order valence-electron chi connectivity index (χ2n) is 5.94. The summed E-state index contributed by atoms with van der Waals surface area (Å²) in [4.78, 5) is 23.7. The van der Waals surface area contributed by atoms with Gasteiger partial charge in [-0.1, -0.05) is 12.1 Å². The van der Waals surface area contributed by atoms with Crippen LogP contribution in [0.15, 0.2) is 60.8 Å². The molecule has 0 fully saturated rings. The molecule has 2 aromatic carbocycles. The number of aromatic amines is 1. The number of nitrogens with one attached hydrogen (secondary N) is 1. The first-order chi connectivity index (χ1) is 13.7. The van der Waals surface area contributed by atoms with Gasteiger partial charge in [0.2, 0.25) is 5.88 Å². The molecule has 0 radical (unpaired) electrons. The Labute approximate surface area is 160 Å². The topological polar surface area (TPSA) is 86.3 Å². The SMILES string of the molecule is COC(=O)c1ccnc(Oc2ccc(-c3nc4ccccc4[nH]3)cc2OC)c1. The van der Waals surface area contributed by atoms with E-state index in [1.807, 2.05) is 36.4 Å². The van der Waals surface area contributed by atoms with Gasteiger partial charge >= 0.3 is 5.97 Å². The van der Waals surface area contributed by atoms with E-state index in [0.29, 0.717) is 17.1 Å². The lowest BCUT2D eigenvalue weighted by Gasteiger charge is -2.11. The second-order valence-corrected chi connectivity index (χ2v) is 5.94. The van der Waals surface area contributed by atoms with Gasteiger partial charge in [0.15, 0.2) is 11.5 Å². The number of aromatic nitrogens is 3. The molecule has 7 nitrogen and oxygen atoms in total. The number of fused-ring (bicyclic) bond motifs is 1. The number of carbonyl (C=O) groups is 1. The first-order valence-corrected chi connectivity index (χ1v) is 8.53. The van der Waals surface area contributed by atoms with Crippen molar-refractivity contribution >= 4 is 17.0 Å². The number of methoxy groups -OCH3 is 2. The number of rotatable bonds is 5. The molecule has 0 aliphatic heterocycles. The van der Waals surface area contributed by atoms with E-state index in [2.05, 4.69) is 15.0 Å². The largest absolute Gasteiger partial charge is 0.493 e. The van der Waals surface area contributed by atoms with Crippen molar-refractivity contribution in [3.8, 4) is 28.8 Å². The third kappa shape index (κ3) is 3.37. The predicted molar refractivity (Wildman–Crippen MR) is 104 cm³/mol. The lowest BCUT2D eigenvalue weighted by molar-refractivity contribution is 0.0600. The summed E-state index contributed by atoms with van der Waals surface area (Å²) in [5.74, 6) is 1.52. The van der Waals surface area contributed by atoms with Crippen molar-refractivity contribution in [1.82, 2.24) is 15.0 Å². The van der Waals surface area contributed by atoms with Crippen molar-refractivity contribution in [3.05, 3.63) is 66.4 Å². The highest BCUT2D eigenvalue weighted by atomic mass is 16.5. The van der Waals surface area contributed by atoms with Crippen LogP contribution in [0.3, 0.4) is 0 Å². The molecular formula is C21H17N3O4. The molecule has 140 valence electrons. The number of imidazole rings is 1. The molecule has 0 saturated heterocycles. The van der Waals surface area contributed by atoms with Gasteiger partial charge in [-0.3, -0.25) is 0 Å². The van der Waals surface area contributed by atoms with E-state index < -0.39 is 5.97 Å². The first-order valence-electron chi connectivity index (χ1n) is 8.53. The molecule has 0 saturated carbocycles. The molecule has 0 aliphatic rings. The van der Waals surface area contributed by atoms with E-state index in [9.17, 15) is 4.79 Å². The van der Waals surface area contributed by atoms with Gasteiger partial charge in [0.25, 0.3) is 0 Å². The summed E-state index contributed by atoms with van der Waals surface area (Å²) in [6.45, 7) is 0. The Morgan fingerprint density at radius 1 is 1.00 bits per heavy atom. The number of pyridine rings is 1. The highest BCUT2D eigenvalue weighted by molar-refractivity contribution is 5.89. The summed E-state index contributed by atoms with van der Waals surface area (Å²) in [6.07, 6.45) is 1.48. The molecule has 4 aromatic rings. The van der Waals surface area contributed by atoms with E-state index in [-0.39, 0.29) is 5.88 Å². The van der Waals surface area contributed by atoms with Crippen molar-refractivity contribution in [2.75, 3.05) is 14.2 Å². The standard InChI is InChI=1S/C21H17N3O4/c1-26-18-11-13(20-23-15-5-3-4-6-16(15)24-20)7-8-17(18)28-19-12-14(9-10-22-19)21(25)27-2/h3-12H,1-2H3,(H,23,24). The Hall–Kier alpha value is -3.87. The predicted octanol–water partition coefficient (Wildman–Crippen LogP) is 4.21. The average molecular weight is 375 g/mol. The quantitative estimate of drug-likeness (QED) is 0.526. The summed E-state index contributed by atoms with van der Waals surface area (Å²) in [5, 5.41) is 0. The zero-order valence-corrected chi connectivity index (χ0v) is 15.3. The molecule has 4 rings (SSSR count). The van der Waals surface area contributed by atoms with Gasteiger partial charge in [-0.05, 0) is 36.4 Å². The van der Waals surface area contributed by atoms with Crippen molar-refractivity contribution in [1.29, 1.82) is 0 Å². The summed E-state index contributed by atoms with van der Waals surface area (Å²) >= 11 is 0. The van der Waals surface area contributed by atoms with E-state index >= 15 is 0 Å². The lowest BCUT2D eigenvalue weighted by Crippen LogP contribution is -2.02. The monoisotopic (exact) mass is 375 g/mol. The number of carbonyl (C=O) groups excluding carboxylic acids is 1. The van der Waals surface area contributed by atoms with Gasteiger partial charge in [0.05, 0.1) is 30.8 Å². The number of hydrogen-bond acceptors (Lipinski definition) is 6. The van der Waals surface area contributed by atoms with Crippen molar-refractivity contribution in [2.24, 2.45) is 0 Å². The highest BCUT2D eigenvalue weighted by Gasteiger charge is 2.13. The van der Waals surface area contributed by atoms with E-state index in [0.717, 1.165) is 22.4 Å². The van der Waals surface area contributed by atoms with Gasteiger partial charge in [-0.2, -0.15) is 0 Å². The van der Waals surface area contributed by atoms with Crippen LogP contribution in [0.4, 0.5) is 0 Å². The summed E-state index contributed by atoms with van der Waals surface area (Å²) in [7, 11) is 2.88. The van der Waals surface area contributed by atoms with Crippen LogP contribution in [-0.2, 0) is 4.74 Å². The zero-order valence-electron chi connectivity index (χ0n) is 15.3. The second kappa shape index (κ2) is 7.40. The van der Waals surface area contributed by atoms with Crippen LogP contribution >= 0.6 is 0 Å². The molecule has 1 N–H and O–H groups in total. The van der Waals surface area contributed by atoms with Crippen LogP contribution in [0.5, 0.6) is 17.4 Å². The molecular weight excluding hydrogens is 358 g/mol. The molecule has 0 aliphatic carbocycles. The Balaban J connectivity index is 1.65. The molecule has 0 atom stereocenters. The molecule has 2 aromatic heterocycles. The van der Waals surface area contributed by atoms with Crippen molar-refractivity contribution in [2.45, 2.75) is 0 Å². The smallest absolute Gasteiger partial charge is 0.338 e. The van der Waals surface area contributed by atoms with Gasteiger partial charge < -0.3 is 19.2 Å². The minimum atomic E-state index is -0.459. The zero-order chi connectivity index (χ0) is 19.5. The third-order valence-electron chi connectivity index (χ3n) is 4.20. The maximum Gasteiger partial charge on any atom is 0.338 e. The number of ether oxygens (including phenoxy) is 3. The van der Waals surface area contributed by atoms with E-state index in [4.69, 9.17) is 14.2 Å². The number of nitrogens with zero attached hydrogens (tertiary/aromatic N) is 2. The van der Waals surface area contributed by atoms with Crippen molar-refractivity contribution in [3.63, 3.8) is 0 Å². The molecule has 2 heterocycles. The molecule has 0 unspecified atom stereocenters. The minimum absolute atomic E-state index is 0.262. The maximum absolute atomic E-state index is 11.7. The van der Waals surface area contributed by atoms with Crippen LogP contribution in [0.25, 0.3) is 22.4 Å². The Morgan fingerprint density at radius 3 is 2.64 bits per heavy atom. The van der Waals surface area contributed by atoms with Gasteiger partial charge in [0.1, 0.15) is 5.82 Å². The summed E-state index contributed by atoms with van der Waals surface area (Å²) in [6, 6.07) is 16.4. The molecule has 0 spiro atoms. The number of H-pyrrole nitrogens is 1. The van der Waals surface area contributed by atoms with Crippen molar-refractivity contribution < 1.29 is 19.0 Å².